The number of aryl methyl sites for hydroxylation is 1. The zero-order valence-corrected chi connectivity index (χ0v) is 23.5. The van der Waals surface area contributed by atoms with Crippen LogP contribution in [0.1, 0.15) is 55.8 Å². The van der Waals surface area contributed by atoms with Crippen LogP contribution in [-0.2, 0) is 43.4 Å². The lowest BCUT2D eigenvalue weighted by atomic mass is 9.79. The van der Waals surface area contributed by atoms with Crippen LogP contribution < -0.4 is 16.0 Å². The molecule has 41 heavy (non-hydrogen) atoms. The summed E-state index contributed by atoms with van der Waals surface area (Å²) in [6.07, 6.45) is 3.75. The molecule has 5 atom stereocenters. The standard InChI is InChI=1S/C30H39FN4O6/c1-3-18(2)27(34-25(38)17-41-13-11-31)30(40)33-22-9-8-19-10-12-35-16-21(14-24(37)26(22)28(19)35)29(39)32-15-20-6-4-5-7-23(20)36/h4-7,10,12,18,21-22,26-27,36H,3,8-9,11,13-17H2,1-2H3,(H,32,39)(H,33,40)(H,34,38)/t18?,21-,22-,26?,27?/m0/s1. The van der Waals surface area contributed by atoms with Gasteiger partial charge in [0.2, 0.25) is 17.7 Å². The van der Waals surface area contributed by atoms with E-state index in [2.05, 4.69) is 16.0 Å². The first-order chi connectivity index (χ1) is 19.7. The van der Waals surface area contributed by atoms with Crippen molar-refractivity contribution in [3.63, 3.8) is 0 Å². The number of phenols is 1. The van der Waals surface area contributed by atoms with Crippen LogP contribution in [0.4, 0.5) is 4.39 Å². The lowest BCUT2D eigenvalue weighted by Crippen LogP contribution is -2.55. The van der Waals surface area contributed by atoms with Crippen LogP contribution in [-0.4, -0.2) is 65.2 Å². The number of para-hydroxylation sites is 1. The number of carbonyl (C=O) groups excluding carboxylic acids is 4. The maximum Gasteiger partial charge on any atom is 0.246 e. The number of aromatic nitrogens is 1. The van der Waals surface area contributed by atoms with Gasteiger partial charge >= 0.3 is 0 Å². The molecule has 10 nitrogen and oxygen atoms in total. The van der Waals surface area contributed by atoms with Crippen LogP contribution in [0.2, 0.25) is 0 Å². The maximum absolute atomic E-state index is 13.7. The molecule has 0 spiro atoms. The molecule has 222 valence electrons. The summed E-state index contributed by atoms with van der Waals surface area (Å²) in [6.45, 7) is 2.98. The van der Waals surface area contributed by atoms with Crippen molar-refractivity contribution in [3.05, 3.63) is 53.3 Å². The number of ether oxygens (including phenoxy) is 1. The van der Waals surface area contributed by atoms with E-state index in [1.54, 1.807) is 24.3 Å². The molecule has 4 N–H and O–H groups in total. The Balaban J connectivity index is 1.47. The normalized spacial score (nSPS) is 21.2. The van der Waals surface area contributed by atoms with Crippen LogP contribution in [0.15, 0.2) is 36.5 Å². The molecule has 3 unspecified atom stereocenters. The molecule has 2 aromatic rings. The minimum atomic E-state index is -0.844. The number of benzene rings is 1. The van der Waals surface area contributed by atoms with E-state index in [9.17, 15) is 28.7 Å². The third kappa shape index (κ3) is 7.13. The van der Waals surface area contributed by atoms with Crippen molar-refractivity contribution in [1.29, 1.82) is 0 Å². The van der Waals surface area contributed by atoms with Gasteiger partial charge in [-0.1, -0.05) is 38.5 Å². The lowest BCUT2D eigenvalue weighted by Gasteiger charge is -2.34. The van der Waals surface area contributed by atoms with E-state index in [-0.39, 0.29) is 49.5 Å². The first-order valence-corrected chi connectivity index (χ1v) is 14.2. The van der Waals surface area contributed by atoms with Gasteiger partial charge in [0, 0.05) is 43.0 Å². The average Bonchev–Trinajstić information content (AvgIpc) is 3.29. The number of halogens is 1. The van der Waals surface area contributed by atoms with Gasteiger partial charge in [-0.05, 0) is 36.5 Å². The van der Waals surface area contributed by atoms with Crippen LogP contribution in [0.25, 0.3) is 0 Å². The highest BCUT2D eigenvalue weighted by atomic mass is 19.1. The average molecular weight is 571 g/mol. The molecule has 1 aliphatic carbocycles. The van der Waals surface area contributed by atoms with Gasteiger partial charge in [0.15, 0.2) is 0 Å². The monoisotopic (exact) mass is 570 g/mol. The number of alkyl halides is 1. The van der Waals surface area contributed by atoms with Crippen molar-refractivity contribution in [2.45, 2.75) is 70.6 Å². The summed E-state index contributed by atoms with van der Waals surface area (Å²) in [5.74, 6) is -2.63. The minimum Gasteiger partial charge on any atom is -0.508 e. The Labute approximate surface area is 239 Å². The van der Waals surface area contributed by atoms with Crippen LogP contribution in [0.3, 0.4) is 0 Å². The van der Waals surface area contributed by atoms with E-state index >= 15 is 0 Å². The number of aromatic hydroxyl groups is 1. The number of phenolic OH excluding ortho intramolecular Hbond substituents is 1. The highest BCUT2D eigenvalue weighted by molar-refractivity contribution is 5.93. The molecule has 1 aromatic carbocycles. The molecule has 1 aliphatic heterocycles. The molecule has 0 radical (unpaired) electrons. The van der Waals surface area contributed by atoms with Gasteiger partial charge in [0.25, 0.3) is 0 Å². The lowest BCUT2D eigenvalue weighted by molar-refractivity contribution is -0.133. The summed E-state index contributed by atoms with van der Waals surface area (Å²) in [6, 6.07) is 7.38. The fourth-order valence-corrected chi connectivity index (χ4v) is 5.72. The summed E-state index contributed by atoms with van der Waals surface area (Å²) >= 11 is 0. The molecular formula is C30H39FN4O6. The minimum absolute atomic E-state index is 0.0161. The molecule has 2 heterocycles. The number of nitrogens with one attached hydrogen (secondary N) is 3. The van der Waals surface area contributed by atoms with Gasteiger partial charge in [-0.3, -0.25) is 19.2 Å². The quantitative estimate of drug-likeness (QED) is 0.289. The van der Waals surface area contributed by atoms with Crippen molar-refractivity contribution in [3.8, 4) is 5.75 Å². The van der Waals surface area contributed by atoms with E-state index < -0.39 is 42.4 Å². The van der Waals surface area contributed by atoms with Gasteiger partial charge in [0.1, 0.15) is 30.9 Å². The molecule has 1 aromatic heterocycles. The Bertz CT molecular complexity index is 1260. The Morgan fingerprint density at radius 1 is 1.22 bits per heavy atom. The molecule has 11 heteroatoms. The fraction of sp³-hybridized carbons (Fsp3) is 0.533. The van der Waals surface area contributed by atoms with Gasteiger partial charge in [-0.2, -0.15) is 0 Å². The van der Waals surface area contributed by atoms with Crippen molar-refractivity contribution in [2.24, 2.45) is 11.8 Å². The highest BCUT2D eigenvalue weighted by Gasteiger charge is 2.43. The molecular weight excluding hydrogens is 531 g/mol. The number of Topliss-reactive ketones (excluding diaryl/α,β-unsaturated/α-hetero) is 1. The third-order valence-electron chi connectivity index (χ3n) is 8.14. The number of rotatable bonds is 12. The largest absolute Gasteiger partial charge is 0.508 e. The zero-order valence-electron chi connectivity index (χ0n) is 23.5. The van der Waals surface area contributed by atoms with Gasteiger partial charge < -0.3 is 30.4 Å². The van der Waals surface area contributed by atoms with Crippen molar-refractivity contribution in [1.82, 2.24) is 20.5 Å². The molecule has 3 amide bonds. The van der Waals surface area contributed by atoms with Crippen LogP contribution in [0.5, 0.6) is 5.75 Å². The molecule has 0 saturated carbocycles. The molecule has 0 bridgehead atoms. The van der Waals surface area contributed by atoms with Crippen molar-refractivity contribution >= 4 is 23.5 Å². The topological polar surface area (TPSA) is 139 Å². The van der Waals surface area contributed by atoms with Crippen LogP contribution in [0, 0.1) is 11.8 Å². The number of ketones is 1. The zero-order chi connectivity index (χ0) is 29.5. The number of hydrogen-bond acceptors (Lipinski definition) is 6. The van der Waals surface area contributed by atoms with Crippen molar-refractivity contribution < 1.29 is 33.4 Å². The van der Waals surface area contributed by atoms with E-state index in [4.69, 9.17) is 4.74 Å². The predicted molar refractivity (Wildman–Crippen MR) is 149 cm³/mol. The third-order valence-corrected chi connectivity index (χ3v) is 8.14. The van der Waals surface area contributed by atoms with Gasteiger partial charge in [-0.15, -0.1) is 0 Å². The molecule has 2 aliphatic rings. The number of nitrogens with zero attached hydrogens (tertiary/aromatic N) is 1. The predicted octanol–water partition coefficient (Wildman–Crippen LogP) is 2.13. The maximum atomic E-state index is 13.7. The second-order valence-corrected chi connectivity index (χ2v) is 10.9. The van der Waals surface area contributed by atoms with Gasteiger partial charge in [-0.25, -0.2) is 4.39 Å². The molecule has 0 saturated heterocycles. The Morgan fingerprint density at radius 3 is 2.73 bits per heavy atom. The Hall–Kier alpha value is -3.73. The summed E-state index contributed by atoms with van der Waals surface area (Å²) < 4.78 is 19.3. The molecule has 0 fully saturated rings. The fourth-order valence-electron chi connectivity index (χ4n) is 5.72. The Morgan fingerprint density at radius 2 is 2.00 bits per heavy atom. The summed E-state index contributed by atoms with van der Waals surface area (Å²) in [7, 11) is 0. The second kappa shape index (κ2) is 13.8. The number of carbonyl (C=O) groups is 4. The van der Waals surface area contributed by atoms with Gasteiger partial charge in [0.05, 0.1) is 18.4 Å². The number of hydrogen-bond donors (Lipinski definition) is 4. The first-order valence-electron chi connectivity index (χ1n) is 14.2. The summed E-state index contributed by atoms with van der Waals surface area (Å²) in [5, 5.41) is 18.6. The molecule has 4 rings (SSSR count). The van der Waals surface area contributed by atoms with E-state index in [0.29, 0.717) is 31.4 Å². The van der Waals surface area contributed by atoms with E-state index in [1.807, 2.05) is 30.7 Å². The van der Waals surface area contributed by atoms with E-state index in [1.165, 1.54) is 0 Å². The first kappa shape index (κ1) is 30.2. The van der Waals surface area contributed by atoms with E-state index in [0.717, 1.165) is 11.3 Å². The van der Waals surface area contributed by atoms with Crippen LogP contribution >= 0.6 is 0 Å². The summed E-state index contributed by atoms with van der Waals surface area (Å²) in [4.78, 5) is 52.7. The smallest absolute Gasteiger partial charge is 0.246 e. The van der Waals surface area contributed by atoms with Crippen molar-refractivity contribution in [2.75, 3.05) is 19.9 Å². The highest BCUT2D eigenvalue weighted by Crippen LogP contribution is 2.38. The summed E-state index contributed by atoms with van der Waals surface area (Å²) in [5.41, 5.74) is 2.44. The Kier molecular flexibility index (Phi) is 10.1. The number of amides is 3. The second-order valence-electron chi connectivity index (χ2n) is 10.9. The SMILES string of the molecule is CCC(C)C(NC(=O)COCCF)C(=O)N[C@H]1CCc2ccn3c2C1C(=O)C[C@H](C(=O)NCc1ccccc1O)C3.